The number of nitrogens with one attached hydrogen (secondary N) is 1. The van der Waals surface area contributed by atoms with Gasteiger partial charge in [0.1, 0.15) is 0 Å². The van der Waals surface area contributed by atoms with Crippen LogP contribution in [0.5, 0.6) is 0 Å². The highest BCUT2D eigenvalue weighted by Crippen LogP contribution is 2.42. The van der Waals surface area contributed by atoms with Crippen LogP contribution < -0.4 is 5.32 Å². The van der Waals surface area contributed by atoms with E-state index in [9.17, 15) is 0 Å². The SMILES string of the molecule is CCCNCCc1nnc(C2(CC)CCCC2)o1. The second-order valence-corrected chi connectivity index (χ2v) is 5.34. The molecule has 0 radical (unpaired) electrons. The zero-order chi connectivity index (χ0) is 12.8. The lowest BCUT2D eigenvalue weighted by Gasteiger charge is -2.22. The monoisotopic (exact) mass is 251 g/mol. The van der Waals surface area contributed by atoms with E-state index in [4.69, 9.17) is 4.42 Å². The van der Waals surface area contributed by atoms with E-state index in [0.717, 1.165) is 44.1 Å². The van der Waals surface area contributed by atoms with Crippen LogP contribution in [0, 0.1) is 0 Å². The number of hydrogen-bond donors (Lipinski definition) is 1. The third-order valence-electron chi connectivity index (χ3n) is 4.10. The molecule has 4 heteroatoms. The van der Waals surface area contributed by atoms with Gasteiger partial charge < -0.3 is 9.73 Å². The minimum Gasteiger partial charge on any atom is -0.425 e. The highest BCUT2D eigenvalue weighted by molar-refractivity contribution is 5.06. The number of nitrogens with zero attached hydrogens (tertiary/aromatic N) is 2. The summed E-state index contributed by atoms with van der Waals surface area (Å²) in [7, 11) is 0. The van der Waals surface area contributed by atoms with Gasteiger partial charge in [0.25, 0.3) is 0 Å². The summed E-state index contributed by atoms with van der Waals surface area (Å²) in [5.41, 5.74) is 0.183. The van der Waals surface area contributed by atoms with E-state index in [-0.39, 0.29) is 5.41 Å². The first-order chi connectivity index (χ1) is 8.80. The lowest BCUT2D eigenvalue weighted by atomic mass is 9.83. The fraction of sp³-hybridized carbons (Fsp3) is 0.857. The molecule has 1 N–H and O–H groups in total. The molecule has 0 spiro atoms. The zero-order valence-corrected chi connectivity index (χ0v) is 11.7. The van der Waals surface area contributed by atoms with Crippen LogP contribution in [0.3, 0.4) is 0 Å². The maximum atomic E-state index is 5.88. The predicted molar refractivity (Wildman–Crippen MR) is 71.6 cm³/mol. The Balaban J connectivity index is 1.92. The van der Waals surface area contributed by atoms with E-state index < -0.39 is 0 Å². The van der Waals surface area contributed by atoms with Gasteiger partial charge in [0.05, 0.1) is 0 Å². The highest BCUT2D eigenvalue weighted by atomic mass is 16.4. The van der Waals surface area contributed by atoms with Crippen molar-refractivity contribution in [3.8, 4) is 0 Å². The average Bonchev–Trinajstić information content (AvgIpc) is 3.04. The first-order valence-electron chi connectivity index (χ1n) is 7.34. The van der Waals surface area contributed by atoms with Gasteiger partial charge in [-0.3, -0.25) is 0 Å². The predicted octanol–water partition coefficient (Wildman–Crippen LogP) is 2.83. The Bertz CT molecular complexity index is 356. The molecule has 0 atom stereocenters. The lowest BCUT2D eigenvalue weighted by Crippen LogP contribution is -2.21. The first kappa shape index (κ1) is 13.5. The van der Waals surface area contributed by atoms with Crippen molar-refractivity contribution < 1.29 is 4.42 Å². The van der Waals surface area contributed by atoms with Gasteiger partial charge in [-0.1, -0.05) is 26.7 Å². The minimum absolute atomic E-state index is 0.183. The summed E-state index contributed by atoms with van der Waals surface area (Å²) < 4.78 is 5.88. The van der Waals surface area contributed by atoms with Gasteiger partial charge >= 0.3 is 0 Å². The van der Waals surface area contributed by atoms with E-state index in [1.807, 2.05) is 0 Å². The summed E-state index contributed by atoms with van der Waals surface area (Å²) in [5.74, 6) is 1.67. The largest absolute Gasteiger partial charge is 0.425 e. The molecule has 1 saturated carbocycles. The van der Waals surface area contributed by atoms with Gasteiger partial charge in [0.2, 0.25) is 11.8 Å². The van der Waals surface area contributed by atoms with Crippen molar-refractivity contribution in [3.63, 3.8) is 0 Å². The molecule has 1 heterocycles. The van der Waals surface area contributed by atoms with Crippen molar-refractivity contribution in [2.24, 2.45) is 0 Å². The van der Waals surface area contributed by atoms with Crippen LogP contribution in [-0.4, -0.2) is 23.3 Å². The second-order valence-electron chi connectivity index (χ2n) is 5.34. The molecule has 1 aromatic heterocycles. The molecule has 0 aliphatic heterocycles. The summed E-state index contributed by atoms with van der Waals surface area (Å²) in [5, 5.41) is 11.8. The van der Waals surface area contributed by atoms with E-state index in [2.05, 4.69) is 29.4 Å². The van der Waals surface area contributed by atoms with E-state index in [0.29, 0.717) is 0 Å². The molecule has 0 amide bonds. The van der Waals surface area contributed by atoms with Crippen LogP contribution in [0.15, 0.2) is 4.42 Å². The molecule has 2 rings (SSSR count). The fourth-order valence-corrected chi connectivity index (χ4v) is 2.84. The Morgan fingerprint density at radius 3 is 2.61 bits per heavy atom. The van der Waals surface area contributed by atoms with Gasteiger partial charge in [-0.2, -0.15) is 0 Å². The molecule has 1 aromatic rings. The molecule has 18 heavy (non-hydrogen) atoms. The van der Waals surface area contributed by atoms with Gasteiger partial charge in [-0.15, -0.1) is 10.2 Å². The van der Waals surface area contributed by atoms with Crippen LogP contribution in [0.2, 0.25) is 0 Å². The summed E-state index contributed by atoms with van der Waals surface area (Å²) in [6.07, 6.45) is 8.12. The minimum atomic E-state index is 0.183. The van der Waals surface area contributed by atoms with Gasteiger partial charge in [-0.25, -0.2) is 0 Å². The number of rotatable bonds is 7. The molecule has 4 nitrogen and oxygen atoms in total. The summed E-state index contributed by atoms with van der Waals surface area (Å²) in [6.45, 7) is 6.38. The molecule has 1 aliphatic rings. The molecule has 1 aliphatic carbocycles. The highest BCUT2D eigenvalue weighted by Gasteiger charge is 2.38. The molecular weight excluding hydrogens is 226 g/mol. The molecule has 0 bridgehead atoms. The first-order valence-corrected chi connectivity index (χ1v) is 7.34. The van der Waals surface area contributed by atoms with Crippen molar-refractivity contribution in [2.45, 2.75) is 64.2 Å². The Kier molecular flexibility index (Phi) is 4.75. The summed E-state index contributed by atoms with van der Waals surface area (Å²) in [6, 6.07) is 0. The van der Waals surface area contributed by atoms with Gasteiger partial charge in [0.15, 0.2) is 0 Å². The van der Waals surface area contributed by atoms with Crippen LogP contribution in [0.25, 0.3) is 0 Å². The molecule has 0 aromatic carbocycles. The average molecular weight is 251 g/mol. The summed E-state index contributed by atoms with van der Waals surface area (Å²) >= 11 is 0. The van der Waals surface area contributed by atoms with Crippen LogP contribution in [0.1, 0.15) is 64.2 Å². The van der Waals surface area contributed by atoms with E-state index in [1.165, 1.54) is 25.7 Å². The Labute approximate surface area is 110 Å². The molecule has 1 fully saturated rings. The number of aromatic nitrogens is 2. The van der Waals surface area contributed by atoms with E-state index >= 15 is 0 Å². The Hall–Kier alpha value is -0.900. The normalized spacial score (nSPS) is 18.3. The molecule has 0 unspecified atom stereocenters. The zero-order valence-electron chi connectivity index (χ0n) is 11.7. The van der Waals surface area contributed by atoms with Crippen molar-refractivity contribution in [1.82, 2.24) is 15.5 Å². The standard InChI is InChI=1S/C14H25N3O/c1-3-10-15-11-7-12-16-17-13(18-12)14(4-2)8-5-6-9-14/h15H,3-11H2,1-2H3. The second kappa shape index (κ2) is 6.32. The topological polar surface area (TPSA) is 51.0 Å². The quantitative estimate of drug-likeness (QED) is 0.757. The number of hydrogen-bond acceptors (Lipinski definition) is 4. The van der Waals surface area contributed by atoms with Crippen molar-refractivity contribution in [2.75, 3.05) is 13.1 Å². The van der Waals surface area contributed by atoms with Gasteiger partial charge in [0, 0.05) is 18.4 Å². The molecular formula is C14H25N3O. The Morgan fingerprint density at radius 1 is 1.17 bits per heavy atom. The maximum absolute atomic E-state index is 5.88. The third-order valence-corrected chi connectivity index (χ3v) is 4.10. The summed E-state index contributed by atoms with van der Waals surface area (Å²) in [4.78, 5) is 0. The van der Waals surface area contributed by atoms with E-state index in [1.54, 1.807) is 0 Å². The molecule has 102 valence electrons. The lowest BCUT2D eigenvalue weighted by molar-refractivity contribution is 0.305. The van der Waals surface area contributed by atoms with Gasteiger partial charge in [-0.05, 0) is 32.2 Å². The van der Waals surface area contributed by atoms with Crippen LogP contribution >= 0.6 is 0 Å². The van der Waals surface area contributed by atoms with Crippen molar-refractivity contribution in [1.29, 1.82) is 0 Å². The Morgan fingerprint density at radius 2 is 1.94 bits per heavy atom. The molecule has 0 saturated heterocycles. The third kappa shape index (κ3) is 2.91. The maximum Gasteiger partial charge on any atom is 0.222 e. The van der Waals surface area contributed by atoms with Crippen LogP contribution in [0.4, 0.5) is 0 Å². The van der Waals surface area contributed by atoms with Crippen LogP contribution in [-0.2, 0) is 11.8 Å². The fourth-order valence-electron chi connectivity index (χ4n) is 2.84. The smallest absolute Gasteiger partial charge is 0.222 e. The van der Waals surface area contributed by atoms with Crippen molar-refractivity contribution >= 4 is 0 Å². The van der Waals surface area contributed by atoms with Crippen molar-refractivity contribution in [3.05, 3.63) is 11.8 Å².